The molecule has 1 atom stereocenters. The number of aromatic nitrogens is 1. The van der Waals surface area contributed by atoms with Gasteiger partial charge in [-0.25, -0.2) is 0 Å². The Labute approximate surface area is 111 Å². The van der Waals surface area contributed by atoms with Crippen LogP contribution in [0.15, 0.2) is 42.7 Å². The second kappa shape index (κ2) is 5.08. The molecule has 0 saturated carbocycles. The number of ether oxygens (including phenoxy) is 2. The lowest BCUT2D eigenvalue weighted by atomic mass is 10.3. The van der Waals surface area contributed by atoms with E-state index in [0.29, 0.717) is 0 Å². The molecule has 2 aromatic rings. The Bertz CT molecular complexity index is 515. The van der Waals surface area contributed by atoms with Crippen molar-refractivity contribution >= 4 is 11.8 Å². The summed E-state index contributed by atoms with van der Waals surface area (Å²) >= 11 is 1.85. The summed E-state index contributed by atoms with van der Waals surface area (Å²) in [6, 6.07) is 10.1. The highest BCUT2D eigenvalue weighted by Crippen LogP contribution is 2.35. The SMILES string of the molecule is COc1ccc(-n2ccc(C3OCCS3)c2)cc1. The van der Waals surface area contributed by atoms with Gasteiger partial charge in [0, 0.05) is 29.4 Å². The van der Waals surface area contributed by atoms with Crippen molar-refractivity contribution in [1.29, 1.82) is 0 Å². The summed E-state index contributed by atoms with van der Waals surface area (Å²) in [5.74, 6) is 1.96. The molecule has 18 heavy (non-hydrogen) atoms. The number of thioether (sulfide) groups is 1. The Hall–Kier alpha value is -1.39. The van der Waals surface area contributed by atoms with Crippen molar-refractivity contribution in [3.63, 3.8) is 0 Å². The summed E-state index contributed by atoms with van der Waals surface area (Å²) in [6.45, 7) is 0.850. The second-order valence-corrected chi connectivity index (χ2v) is 5.29. The molecular formula is C14H15NO2S. The van der Waals surface area contributed by atoms with E-state index in [1.54, 1.807) is 7.11 Å². The molecule has 1 fully saturated rings. The molecule has 4 heteroatoms. The lowest BCUT2D eigenvalue weighted by molar-refractivity contribution is 0.145. The van der Waals surface area contributed by atoms with Gasteiger partial charge >= 0.3 is 0 Å². The lowest BCUT2D eigenvalue weighted by Crippen LogP contribution is -1.93. The van der Waals surface area contributed by atoms with Crippen molar-refractivity contribution in [3.05, 3.63) is 48.3 Å². The van der Waals surface area contributed by atoms with E-state index in [1.165, 1.54) is 5.56 Å². The average Bonchev–Trinajstić information content (AvgIpc) is 3.09. The van der Waals surface area contributed by atoms with Crippen LogP contribution in [0.1, 0.15) is 11.0 Å². The zero-order valence-corrected chi connectivity index (χ0v) is 11.0. The number of benzene rings is 1. The number of hydrogen-bond donors (Lipinski definition) is 0. The van der Waals surface area contributed by atoms with Gasteiger partial charge in [0.15, 0.2) is 0 Å². The van der Waals surface area contributed by atoms with Gasteiger partial charge in [-0.2, -0.15) is 0 Å². The van der Waals surface area contributed by atoms with E-state index in [4.69, 9.17) is 9.47 Å². The molecule has 1 unspecified atom stereocenters. The van der Waals surface area contributed by atoms with Crippen LogP contribution in [0.3, 0.4) is 0 Å². The predicted molar refractivity (Wildman–Crippen MR) is 73.5 cm³/mol. The van der Waals surface area contributed by atoms with E-state index >= 15 is 0 Å². The van der Waals surface area contributed by atoms with Crippen molar-refractivity contribution in [2.75, 3.05) is 19.5 Å². The van der Waals surface area contributed by atoms with Gasteiger partial charge in [-0.05, 0) is 30.3 Å². The molecule has 1 saturated heterocycles. The monoisotopic (exact) mass is 261 g/mol. The molecule has 3 nitrogen and oxygen atoms in total. The maximum atomic E-state index is 5.65. The zero-order valence-electron chi connectivity index (χ0n) is 10.2. The first-order valence-electron chi connectivity index (χ1n) is 5.92. The molecule has 94 valence electrons. The van der Waals surface area contributed by atoms with E-state index in [2.05, 4.69) is 23.0 Å². The maximum Gasteiger partial charge on any atom is 0.130 e. The maximum absolute atomic E-state index is 5.65. The Morgan fingerprint density at radius 1 is 1.28 bits per heavy atom. The van der Waals surface area contributed by atoms with Crippen molar-refractivity contribution in [2.24, 2.45) is 0 Å². The van der Waals surface area contributed by atoms with Gasteiger partial charge in [-0.3, -0.25) is 0 Å². The molecule has 0 radical (unpaired) electrons. The summed E-state index contributed by atoms with van der Waals surface area (Å²) in [7, 11) is 1.68. The third-order valence-electron chi connectivity index (χ3n) is 2.98. The number of nitrogens with zero attached hydrogens (tertiary/aromatic N) is 1. The fourth-order valence-electron chi connectivity index (χ4n) is 2.02. The molecule has 1 aliphatic rings. The average molecular weight is 261 g/mol. The molecule has 1 aromatic heterocycles. The van der Waals surface area contributed by atoms with Gasteiger partial charge in [0.25, 0.3) is 0 Å². The summed E-state index contributed by atoms with van der Waals surface area (Å²) in [5, 5.41) is 0. The van der Waals surface area contributed by atoms with Crippen LogP contribution in [0.4, 0.5) is 0 Å². The van der Waals surface area contributed by atoms with Crippen LogP contribution < -0.4 is 4.74 Å². The van der Waals surface area contributed by atoms with Gasteiger partial charge in [-0.15, -0.1) is 11.8 Å². The molecule has 0 bridgehead atoms. The van der Waals surface area contributed by atoms with Crippen LogP contribution in [0.5, 0.6) is 5.75 Å². The molecular weight excluding hydrogens is 246 g/mol. The Morgan fingerprint density at radius 3 is 2.78 bits per heavy atom. The van der Waals surface area contributed by atoms with E-state index in [1.807, 2.05) is 36.0 Å². The first-order chi connectivity index (χ1) is 8.86. The van der Waals surface area contributed by atoms with Crippen LogP contribution >= 0.6 is 11.8 Å². The van der Waals surface area contributed by atoms with Crippen LogP contribution in [-0.2, 0) is 4.74 Å². The largest absolute Gasteiger partial charge is 0.497 e. The molecule has 1 aromatic carbocycles. The molecule has 0 aliphatic carbocycles. The van der Waals surface area contributed by atoms with Gasteiger partial charge in [0.2, 0.25) is 0 Å². The number of hydrogen-bond acceptors (Lipinski definition) is 3. The van der Waals surface area contributed by atoms with Gasteiger partial charge in [0.05, 0.1) is 13.7 Å². The normalized spacial score (nSPS) is 19.1. The third-order valence-corrected chi connectivity index (χ3v) is 4.09. The fourth-order valence-corrected chi connectivity index (χ4v) is 2.95. The minimum Gasteiger partial charge on any atom is -0.497 e. The molecule has 3 rings (SSSR count). The van der Waals surface area contributed by atoms with E-state index in [-0.39, 0.29) is 5.44 Å². The summed E-state index contributed by atoms with van der Waals surface area (Å²) in [5.41, 5.74) is 2.56. The van der Waals surface area contributed by atoms with Crippen LogP contribution in [0.2, 0.25) is 0 Å². The summed E-state index contributed by atoms with van der Waals surface area (Å²) < 4.78 is 12.9. The minimum atomic E-state index is 0.199. The standard InChI is InChI=1S/C14H15NO2S/c1-16-13-4-2-12(3-5-13)15-7-6-11(10-15)14-17-8-9-18-14/h2-7,10,14H,8-9H2,1H3. The van der Waals surface area contributed by atoms with Gasteiger partial charge in [-0.1, -0.05) is 0 Å². The van der Waals surface area contributed by atoms with Crippen molar-refractivity contribution in [1.82, 2.24) is 4.57 Å². The predicted octanol–water partition coefficient (Wildman–Crippen LogP) is 3.25. The molecule has 0 N–H and O–H groups in total. The van der Waals surface area contributed by atoms with Crippen molar-refractivity contribution in [2.45, 2.75) is 5.44 Å². The van der Waals surface area contributed by atoms with Gasteiger partial charge in [0.1, 0.15) is 11.2 Å². The highest BCUT2D eigenvalue weighted by molar-refractivity contribution is 7.99. The Kier molecular flexibility index (Phi) is 3.30. The van der Waals surface area contributed by atoms with Crippen LogP contribution in [-0.4, -0.2) is 24.0 Å². The van der Waals surface area contributed by atoms with E-state index < -0.39 is 0 Å². The third kappa shape index (κ3) is 2.26. The number of rotatable bonds is 3. The highest BCUT2D eigenvalue weighted by atomic mass is 32.2. The minimum absolute atomic E-state index is 0.199. The van der Waals surface area contributed by atoms with Crippen LogP contribution in [0, 0.1) is 0 Å². The lowest BCUT2D eigenvalue weighted by Gasteiger charge is -2.06. The summed E-state index contributed by atoms with van der Waals surface area (Å²) in [6.07, 6.45) is 4.20. The second-order valence-electron chi connectivity index (χ2n) is 4.12. The topological polar surface area (TPSA) is 23.4 Å². The Balaban J connectivity index is 1.82. The smallest absolute Gasteiger partial charge is 0.130 e. The highest BCUT2D eigenvalue weighted by Gasteiger charge is 2.19. The number of methoxy groups -OCH3 is 1. The van der Waals surface area contributed by atoms with Crippen molar-refractivity contribution in [3.8, 4) is 11.4 Å². The van der Waals surface area contributed by atoms with Gasteiger partial charge < -0.3 is 14.0 Å². The first kappa shape index (κ1) is 11.7. The quantitative estimate of drug-likeness (QED) is 0.847. The zero-order chi connectivity index (χ0) is 12.4. The van der Waals surface area contributed by atoms with Crippen molar-refractivity contribution < 1.29 is 9.47 Å². The Morgan fingerprint density at radius 2 is 2.11 bits per heavy atom. The molecule has 2 heterocycles. The fraction of sp³-hybridized carbons (Fsp3) is 0.286. The van der Waals surface area contributed by atoms with E-state index in [9.17, 15) is 0 Å². The molecule has 0 amide bonds. The molecule has 1 aliphatic heterocycles. The van der Waals surface area contributed by atoms with Crippen LogP contribution in [0.25, 0.3) is 5.69 Å². The summed E-state index contributed by atoms with van der Waals surface area (Å²) in [4.78, 5) is 0. The molecule has 0 spiro atoms. The first-order valence-corrected chi connectivity index (χ1v) is 6.97. The van der Waals surface area contributed by atoms with E-state index in [0.717, 1.165) is 23.8 Å².